The summed E-state index contributed by atoms with van der Waals surface area (Å²) < 4.78 is 1.69. The molecule has 0 atom stereocenters. The molecule has 1 fully saturated rings. The molecule has 2 aromatic rings. The lowest BCUT2D eigenvalue weighted by molar-refractivity contribution is 0.0943. The van der Waals surface area contributed by atoms with Crippen LogP contribution in [0, 0.1) is 0 Å². The number of nitrogens with two attached hydrogens (primary N) is 1. The monoisotopic (exact) mass is 319 g/mol. The van der Waals surface area contributed by atoms with Gasteiger partial charge in [-0.1, -0.05) is 23.7 Å². The maximum atomic E-state index is 12.1. The van der Waals surface area contributed by atoms with E-state index in [1.165, 1.54) is 0 Å². The van der Waals surface area contributed by atoms with Crippen molar-refractivity contribution in [2.45, 2.75) is 25.2 Å². The van der Waals surface area contributed by atoms with Crippen molar-refractivity contribution in [3.63, 3.8) is 0 Å². The van der Waals surface area contributed by atoms with Crippen LogP contribution in [0.25, 0.3) is 5.69 Å². The Balaban J connectivity index is 1.90. The van der Waals surface area contributed by atoms with Gasteiger partial charge >= 0.3 is 0 Å². The van der Waals surface area contributed by atoms with Crippen LogP contribution < -0.4 is 11.1 Å². The molecule has 1 aromatic carbocycles. The molecule has 1 saturated carbocycles. The van der Waals surface area contributed by atoms with E-state index in [1.807, 2.05) is 18.2 Å². The summed E-state index contributed by atoms with van der Waals surface area (Å²) in [5.41, 5.74) is 6.17. The number of nitrogens with zero attached hydrogens (tertiary/aromatic N) is 3. The van der Waals surface area contributed by atoms with Gasteiger partial charge in [-0.2, -0.15) is 0 Å². The van der Waals surface area contributed by atoms with Crippen molar-refractivity contribution in [2.75, 3.05) is 13.1 Å². The molecule has 0 aliphatic heterocycles. The van der Waals surface area contributed by atoms with Crippen LogP contribution >= 0.6 is 11.6 Å². The average molecular weight is 320 g/mol. The fourth-order valence-electron chi connectivity index (χ4n) is 2.21. The van der Waals surface area contributed by atoms with E-state index >= 15 is 0 Å². The molecular weight excluding hydrogens is 302 g/mol. The van der Waals surface area contributed by atoms with Crippen LogP contribution in [0.15, 0.2) is 24.3 Å². The van der Waals surface area contributed by atoms with Gasteiger partial charge in [-0.25, -0.2) is 9.67 Å². The molecule has 116 valence electrons. The second kappa shape index (κ2) is 6.46. The Morgan fingerprint density at radius 2 is 2.18 bits per heavy atom. The third kappa shape index (κ3) is 3.13. The van der Waals surface area contributed by atoms with E-state index in [2.05, 4.69) is 15.4 Å². The number of amides is 1. The Kier molecular flexibility index (Phi) is 4.40. The third-order valence-electron chi connectivity index (χ3n) is 3.52. The van der Waals surface area contributed by atoms with Crippen LogP contribution in [-0.2, 0) is 0 Å². The summed E-state index contributed by atoms with van der Waals surface area (Å²) in [7, 11) is 0. The van der Waals surface area contributed by atoms with Gasteiger partial charge in [-0.05, 0) is 37.9 Å². The number of nitrogens with one attached hydrogen (secondary N) is 1. The highest BCUT2D eigenvalue weighted by molar-refractivity contribution is 6.32. The summed E-state index contributed by atoms with van der Waals surface area (Å²) in [6, 6.07) is 7.43. The molecule has 0 spiro atoms. The largest absolute Gasteiger partial charge is 0.349 e. The lowest BCUT2D eigenvalue weighted by Gasteiger charge is -2.06. The maximum absolute atomic E-state index is 12.1. The predicted octanol–water partition coefficient (Wildman–Crippen LogP) is 1.88. The highest BCUT2D eigenvalue weighted by Gasteiger charge is 2.31. The first-order valence-electron chi connectivity index (χ1n) is 7.41. The fourth-order valence-corrected chi connectivity index (χ4v) is 2.43. The number of rotatable bonds is 6. The van der Waals surface area contributed by atoms with Gasteiger partial charge in [0.1, 0.15) is 5.82 Å². The van der Waals surface area contributed by atoms with Crippen molar-refractivity contribution < 1.29 is 4.79 Å². The van der Waals surface area contributed by atoms with E-state index in [1.54, 1.807) is 10.7 Å². The summed E-state index contributed by atoms with van der Waals surface area (Å²) >= 11 is 6.24. The maximum Gasteiger partial charge on any atom is 0.290 e. The second-order valence-corrected chi connectivity index (χ2v) is 5.74. The lowest BCUT2D eigenvalue weighted by atomic mass is 10.3. The molecule has 1 heterocycles. The molecule has 1 aliphatic carbocycles. The highest BCUT2D eigenvalue weighted by atomic mass is 35.5. The van der Waals surface area contributed by atoms with E-state index in [4.69, 9.17) is 17.3 Å². The lowest BCUT2D eigenvalue weighted by Crippen LogP contribution is -2.27. The molecule has 0 saturated heterocycles. The zero-order valence-electron chi connectivity index (χ0n) is 12.1. The molecule has 1 amide bonds. The first-order chi connectivity index (χ1) is 10.7. The molecule has 0 unspecified atom stereocenters. The molecule has 0 radical (unpaired) electrons. The molecule has 0 bridgehead atoms. The van der Waals surface area contributed by atoms with Gasteiger partial charge in [0.05, 0.1) is 10.7 Å². The first-order valence-corrected chi connectivity index (χ1v) is 7.78. The molecule has 1 aromatic heterocycles. The second-order valence-electron chi connectivity index (χ2n) is 5.33. The molecule has 6 nitrogen and oxygen atoms in total. The number of benzene rings is 1. The van der Waals surface area contributed by atoms with E-state index in [0.717, 1.165) is 30.8 Å². The molecular formula is C15H18ClN5O. The van der Waals surface area contributed by atoms with Gasteiger partial charge in [0, 0.05) is 12.5 Å². The van der Waals surface area contributed by atoms with Gasteiger partial charge in [0.15, 0.2) is 0 Å². The number of carbonyl (C=O) groups is 1. The number of carbonyl (C=O) groups excluding carboxylic acids is 1. The summed E-state index contributed by atoms with van der Waals surface area (Å²) in [6.45, 7) is 1.06. The van der Waals surface area contributed by atoms with Crippen LogP contribution in [-0.4, -0.2) is 33.8 Å². The minimum absolute atomic E-state index is 0.179. The summed E-state index contributed by atoms with van der Waals surface area (Å²) in [6.07, 6.45) is 2.86. The number of hydrogen-bond donors (Lipinski definition) is 2. The first kappa shape index (κ1) is 15.0. The number of aromatic nitrogens is 3. The average Bonchev–Trinajstić information content (AvgIpc) is 3.27. The van der Waals surface area contributed by atoms with Crippen molar-refractivity contribution in [3.8, 4) is 5.69 Å². The van der Waals surface area contributed by atoms with Crippen molar-refractivity contribution in [2.24, 2.45) is 5.73 Å². The summed E-state index contributed by atoms with van der Waals surface area (Å²) in [5.74, 6) is 1.06. The molecule has 1 aliphatic rings. The SMILES string of the molecule is NCCCNC(=O)c1nc(C2CC2)n(-c2ccccc2Cl)n1. The normalized spacial score (nSPS) is 14.1. The molecule has 7 heteroatoms. The van der Waals surface area contributed by atoms with E-state index in [-0.39, 0.29) is 11.7 Å². The smallest absolute Gasteiger partial charge is 0.290 e. The zero-order valence-corrected chi connectivity index (χ0v) is 12.9. The number of para-hydroxylation sites is 1. The van der Waals surface area contributed by atoms with E-state index < -0.39 is 0 Å². The predicted molar refractivity (Wildman–Crippen MR) is 84.3 cm³/mol. The topological polar surface area (TPSA) is 85.8 Å². The fraction of sp³-hybridized carbons (Fsp3) is 0.400. The van der Waals surface area contributed by atoms with Crippen molar-refractivity contribution in [1.29, 1.82) is 0 Å². The van der Waals surface area contributed by atoms with Crippen molar-refractivity contribution in [1.82, 2.24) is 20.1 Å². The highest BCUT2D eigenvalue weighted by Crippen LogP contribution is 2.40. The Bertz CT molecular complexity index is 680. The van der Waals surface area contributed by atoms with Crippen LogP contribution in [0.4, 0.5) is 0 Å². The molecule has 3 rings (SSSR count). The quantitative estimate of drug-likeness (QED) is 0.796. The van der Waals surface area contributed by atoms with Crippen LogP contribution in [0.3, 0.4) is 0 Å². The minimum atomic E-state index is -0.277. The van der Waals surface area contributed by atoms with Gasteiger partial charge in [0.25, 0.3) is 5.91 Å². The number of halogens is 1. The number of hydrogen-bond acceptors (Lipinski definition) is 4. The van der Waals surface area contributed by atoms with Crippen LogP contribution in [0.2, 0.25) is 5.02 Å². The van der Waals surface area contributed by atoms with E-state index in [0.29, 0.717) is 24.0 Å². The minimum Gasteiger partial charge on any atom is -0.349 e. The third-order valence-corrected chi connectivity index (χ3v) is 3.84. The Morgan fingerprint density at radius 3 is 2.86 bits per heavy atom. The van der Waals surface area contributed by atoms with Gasteiger partial charge < -0.3 is 11.1 Å². The Labute approximate surface area is 133 Å². The van der Waals surface area contributed by atoms with Gasteiger partial charge in [-0.3, -0.25) is 4.79 Å². The Hall–Kier alpha value is -1.92. The Morgan fingerprint density at radius 1 is 1.41 bits per heavy atom. The zero-order chi connectivity index (χ0) is 15.5. The van der Waals surface area contributed by atoms with Gasteiger partial charge in [-0.15, -0.1) is 5.10 Å². The summed E-state index contributed by atoms with van der Waals surface area (Å²) in [4.78, 5) is 16.5. The van der Waals surface area contributed by atoms with E-state index in [9.17, 15) is 4.79 Å². The standard InChI is InChI=1S/C15H18ClN5O/c16-11-4-1-2-5-12(11)21-14(10-6-7-10)19-13(20-21)15(22)18-9-3-8-17/h1-2,4-5,10H,3,6-9,17H2,(H,18,22). The van der Waals surface area contributed by atoms with Crippen LogP contribution in [0.5, 0.6) is 0 Å². The van der Waals surface area contributed by atoms with Crippen molar-refractivity contribution >= 4 is 17.5 Å². The summed E-state index contributed by atoms with van der Waals surface area (Å²) in [5, 5.41) is 7.72. The van der Waals surface area contributed by atoms with Crippen LogP contribution in [0.1, 0.15) is 41.6 Å². The van der Waals surface area contributed by atoms with Crippen molar-refractivity contribution in [3.05, 3.63) is 40.9 Å². The molecule has 3 N–H and O–H groups in total. The van der Waals surface area contributed by atoms with Gasteiger partial charge in [0.2, 0.25) is 5.82 Å². The molecule has 22 heavy (non-hydrogen) atoms.